The molecule has 0 aromatic heterocycles. The Kier molecular flexibility index (Phi) is 1.80. The molecule has 0 aromatic carbocycles. The smallest absolute Gasteiger partial charge is 0.224 e. The molecule has 1 rings (SSSR count). The van der Waals surface area contributed by atoms with E-state index in [2.05, 4.69) is 17.7 Å². The molecule has 1 heterocycles. The predicted octanol–water partition coefficient (Wildman–Crippen LogP) is 1.14. The molecule has 0 spiro atoms. The highest BCUT2D eigenvalue weighted by molar-refractivity contribution is 7.85. The largest absolute Gasteiger partial charge is 0.226 e. The molecule has 0 fully saturated rings. The molecule has 0 amide bonds. The highest BCUT2D eigenvalue weighted by Gasteiger charge is 2.15. The highest BCUT2D eigenvalue weighted by Crippen LogP contribution is 2.15. The van der Waals surface area contributed by atoms with Crippen molar-refractivity contribution in [1.82, 2.24) is 10.8 Å². The van der Waals surface area contributed by atoms with Gasteiger partial charge in [0.15, 0.2) is 0 Å². The third-order valence-corrected chi connectivity index (χ3v) is 1.50. The van der Waals surface area contributed by atoms with E-state index in [1.165, 1.54) is 6.92 Å². The molecule has 1 N–H and O–H groups in total. The van der Waals surface area contributed by atoms with Crippen molar-refractivity contribution in [2.45, 2.75) is 6.92 Å². The number of hydrogen-bond donors (Lipinski definition) is 2. The van der Waals surface area contributed by atoms with Gasteiger partial charge in [0.1, 0.15) is 0 Å². The Labute approximate surface area is 61.7 Å². The Balaban J connectivity index is 2.90. The predicted molar refractivity (Wildman–Crippen MR) is 36.3 cm³/mol. The third kappa shape index (κ3) is 1.21. The van der Waals surface area contributed by atoms with Crippen molar-refractivity contribution in [2.75, 3.05) is 0 Å². The van der Waals surface area contributed by atoms with Gasteiger partial charge in [0.05, 0.1) is 10.6 Å². The maximum Gasteiger partial charge on any atom is 0.224 e. The fraction of sp³-hybridized carbons (Fsp3) is 0.250. The lowest BCUT2D eigenvalue weighted by atomic mass is 10.4. The van der Waals surface area contributed by atoms with Gasteiger partial charge in [-0.25, -0.2) is 5.43 Å². The van der Waals surface area contributed by atoms with Gasteiger partial charge in [0, 0.05) is 0 Å². The van der Waals surface area contributed by atoms with Crippen LogP contribution in [0.15, 0.2) is 16.0 Å². The summed E-state index contributed by atoms with van der Waals surface area (Å²) < 4.78 is 24.5. The minimum absolute atomic E-state index is 0.0221. The number of rotatable bonds is 0. The lowest BCUT2D eigenvalue weighted by Crippen LogP contribution is -2.30. The van der Waals surface area contributed by atoms with Crippen LogP contribution in [-0.2, 0) is 0 Å². The summed E-state index contributed by atoms with van der Waals surface area (Å²) >= 11 is 3.71. The van der Waals surface area contributed by atoms with Gasteiger partial charge in [0.2, 0.25) is 5.95 Å². The van der Waals surface area contributed by atoms with Crippen LogP contribution >= 0.6 is 12.6 Å². The van der Waals surface area contributed by atoms with E-state index >= 15 is 0 Å². The van der Waals surface area contributed by atoms with Gasteiger partial charge >= 0.3 is 0 Å². The molecular formula is C4H5F2N3S. The van der Waals surface area contributed by atoms with E-state index < -0.39 is 5.95 Å². The van der Waals surface area contributed by atoms with Gasteiger partial charge in [-0.3, -0.25) is 0 Å². The van der Waals surface area contributed by atoms with Gasteiger partial charge in [-0.2, -0.15) is 4.39 Å². The van der Waals surface area contributed by atoms with E-state index in [0.29, 0.717) is 0 Å². The number of hydrazone groups is 1. The molecule has 0 aromatic rings. The van der Waals surface area contributed by atoms with Crippen molar-refractivity contribution in [2.24, 2.45) is 5.10 Å². The van der Waals surface area contributed by atoms with Crippen LogP contribution in [0, 0.1) is 0 Å². The Hall–Kier alpha value is -0.780. The van der Waals surface area contributed by atoms with Crippen LogP contribution in [0.25, 0.3) is 0 Å². The minimum atomic E-state index is -0.835. The summed E-state index contributed by atoms with van der Waals surface area (Å²) in [5.74, 6) is -0.835. The molecule has 3 nitrogen and oxygen atoms in total. The molecule has 0 saturated heterocycles. The van der Waals surface area contributed by atoms with Crippen LogP contribution in [0.3, 0.4) is 0 Å². The molecule has 0 radical (unpaired) electrons. The summed E-state index contributed by atoms with van der Waals surface area (Å²) in [4.78, 5) is 0.0221. The van der Waals surface area contributed by atoms with Crippen molar-refractivity contribution >= 4 is 18.3 Å². The molecule has 0 unspecified atom stereocenters. The number of nitrogens with one attached hydrogen (secondary N) is 1. The average Bonchev–Trinajstić information content (AvgIpc) is 1.82. The Morgan fingerprint density at radius 1 is 1.70 bits per heavy atom. The fourth-order valence-electron chi connectivity index (χ4n) is 0.497. The zero-order valence-electron chi connectivity index (χ0n) is 5.10. The van der Waals surface area contributed by atoms with E-state index in [4.69, 9.17) is 0 Å². The first-order valence-corrected chi connectivity index (χ1v) is 2.93. The Bertz CT molecular complexity index is 213. The van der Waals surface area contributed by atoms with Gasteiger partial charge in [-0.05, 0) is 12.3 Å². The number of hydrogen-bond acceptors (Lipinski definition) is 4. The lowest BCUT2D eigenvalue weighted by Gasteiger charge is -2.15. The molecule has 1 aliphatic rings. The lowest BCUT2D eigenvalue weighted by molar-refractivity contribution is -0.0278. The van der Waals surface area contributed by atoms with Crippen molar-refractivity contribution in [3.8, 4) is 0 Å². The van der Waals surface area contributed by atoms with Crippen LogP contribution < -0.4 is 5.43 Å². The molecule has 0 aliphatic carbocycles. The van der Waals surface area contributed by atoms with Crippen LogP contribution in [0.4, 0.5) is 8.87 Å². The summed E-state index contributed by atoms with van der Waals surface area (Å²) in [6.45, 7) is 1.45. The van der Waals surface area contributed by atoms with Crippen molar-refractivity contribution in [3.05, 3.63) is 10.9 Å². The zero-order valence-corrected chi connectivity index (χ0v) is 5.99. The monoisotopic (exact) mass is 165 g/mol. The van der Waals surface area contributed by atoms with Gasteiger partial charge in [0.25, 0.3) is 0 Å². The topological polar surface area (TPSA) is 27.6 Å². The SMILES string of the molecule is CC1=NN(F)NC(F)=C1S. The van der Waals surface area contributed by atoms with Gasteiger partial charge in [-0.1, -0.05) is 4.48 Å². The number of allylic oxidation sites excluding steroid dienone is 1. The van der Waals surface area contributed by atoms with E-state index in [-0.39, 0.29) is 16.0 Å². The second-order valence-corrected chi connectivity index (χ2v) is 2.17. The maximum absolute atomic E-state index is 12.4. The quantitative estimate of drug-likeness (QED) is 0.320. The average molecular weight is 165 g/mol. The van der Waals surface area contributed by atoms with Crippen molar-refractivity contribution < 1.29 is 8.87 Å². The Morgan fingerprint density at radius 3 is 2.80 bits per heavy atom. The summed E-state index contributed by atoms with van der Waals surface area (Å²) in [6, 6.07) is 0. The maximum atomic E-state index is 12.4. The molecule has 10 heavy (non-hydrogen) atoms. The first kappa shape index (κ1) is 7.33. The fourth-order valence-corrected chi connectivity index (χ4v) is 0.592. The number of halogens is 2. The Morgan fingerprint density at radius 2 is 2.30 bits per heavy atom. The first-order valence-electron chi connectivity index (χ1n) is 2.48. The molecular weight excluding hydrogens is 160 g/mol. The summed E-state index contributed by atoms with van der Waals surface area (Å²) in [5.41, 5.74) is 1.87. The molecule has 0 bridgehead atoms. The zero-order chi connectivity index (χ0) is 7.72. The molecule has 1 aliphatic heterocycles. The molecule has 0 atom stereocenters. The number of nitrogens with zero attached hydrogens (tertiary/aromatic N) is 2. The van der Waals surface area contributed by atoms with Crippen LogP contribution in [0.1, 0.15) is 6.92 Å². The van der Waals surface area contributed by atoms with Crippen molar-refractivity contribution in [3.63, 3.8) is 0 Å². The highest BCUT2D eigenvalue weighted by atomic mass is 32.1. The molecule has 0 saturated carbocycles. The second kappa shape index (κ2) is 2.45. The third-order valence-electron chi connectivity index (χ3n) is 0.979. The van der Waals surface area contributed by atoms with E-state index in [1.54, 1.807) is 5.43 Å². The van der Waals surface area contributed by atoms with Gasteiger partial charge < -0.3 is 0 Å². The van der Waals surface area contributed by atoms with Crippen LogP contribution in [0.2, 0.25) is 0 Å². The normalized spacial score (nSPS) is 18.8. The van der Waals surface area contributed by atoms with E-state index in [9.17, 15) is 8.87 Å². The van der Waals surface area contributed by atoms with Crippen LogP contribution in [0.5, 0.6) is 0 Å². The minimum Gasteiger partial charge on any atom is -0.226 e. The van der Waals surface area contributed by atoms with E-state index in [0.717, 1.165) is 0 Å². The van der Waals surface area contributed by atoms with Crippen LogP contribution in [-0.4, -0.2) is 11.1 Å². The second-order valence-electron chi connectivity index (χ2n) is 1.72. The van der Waals surface area contributed by atoms with Crippen molar-refractivity contribution in [1.29, 1.82) is 0 Å². The molecule has 6 heteroatoms. The summed E-state index contributed by atoms with van der Waals surface area (Å²) in [6.07, 6.45) is 0. The number of thiol groups is 1. The number of hydrazine groups is 1. The summed E-state index contributed by atoms with van der Waals surface area (Å²) in [5, 5.41) is 3.01. The van der Waals surface area contributed by atoms with Gasteiger partial charge in [-0.15, -0.1) is 17.7 Å². The molecule has 56 valence electrons. The first-order chi connectivity index (χ1) is 4.61. The van der Waals surface area contributed by atoms with E-state index in [1.807, 2.05) is 0 Å². The standard InChI is InChI=1S/C4H5F2N3S/c1-2-3(10)4(5)8-9(6)7-2/h8,10H,1H3. The summed E-state index contributed by atoms with van der Waals surface area (Å²) in [7, 11) is 0.